The maximum Gasteiger partial charge on any atom is 0.188 e. The first-order valence-electron chi connectivity index (χ1n) is 6.30. The molecule has 0 aromatic rings. The highest BCUT2D eigenvalue weighted by Crippen LogP contribution is 2.13. The van der Waals surface area contributed by atoms with Gasteiger partial charge in [-0.05, 0) is 38.3 Å². The molecule has 1 aliphatic heterocycles. The lowest BCUT2D eigenvalue weighted by Gasteiger charge is -2.29. The quantitative estimate of drug-likeness (QED) is 0.553. The van der Waals surface area contributed by atoms with Crippen molar-refractivity contribution >= 4 is 5.96 Å². The average molecular weight is 226 g/mol. The summed E-state index contributed by atoms with van der Waals surface area (Å²) < 4.78 is 0. The van der Waals surface area contributed by atoms with Crippen molar-refractivity contribution in [2.45, 2.75) is 26.7 Å². The summed E-state index contributed by atoms with van der Waals surface area (Å²) in [5.41, 5.74) is 5.80. The number of hydrogen-bond acceptors (Lipinski definition) is 2. The van der Waals surface area contributed by atoms with E-state index in [1.165, 1.54) is 25.9 Å². The largest absolute Gasteiger partial charge is 0.370 e. The van der Waals surface area contributed by atoms with E-state index in [0.717, 1.165) is 13.1 Å². The van der Waals surface area contributed by atoms with Crippen LogP contribution in [0.1, 0.15) is 26.7 Å². The summed E-state index contributed by atoms with van der Waals surface area (Å²) in [6, 6.07) is 0. The van der Waals surface area contributed by atoms with Crippen LogP contribution in [0.3, 0.4) is 0 Å². The number of nitrogens with two attached hydrogens (primary N) is 1. The van der Waals surface area contributed by atoms with E-state index in [9.17, 15) is 0 Å². The molecule has 1 unspecified atom stereocenters. The van der Waals surface area contributed by atoms with Crippen molar-refractivity contribution in [3.63, 3.8) is 0 Å². The molecule has 1 aliphatic rings. The predicted octanol–water partition coefficient (Wildman–Crippen LogP) is 0.889. The highest BCUT2D eigenvalue weighted by atomic mass is 15.1. The lowest BCUT2D eigenvalue weighted by molar-refractivity contribution is 0.210. The molecule has 0 bridgehead atoms. The summed E-state index contributed by atoms with van der Waals surface area (Å²) in [5, 5.41) is 3.23. The zero-order chi connectivity index (χ0) is 12.0. The van der Waals surface area contributed by atoms with Crippen molar-refractivity contribution in [2.24, 2.45) is 22.6 Å². The fourth-order valence-electron chi connectivity index (χ4n) is 2.03. The lowest BCUT2D eigenvalue weighted by atomic mass is 9.99. The van der Waals surface area contributed by atoms with E-state index < -0.39 is 0 Å². The van der Waals surface area contributed by atoms with Gasteiger partial charge in [0.1, 0.15) is 0 Å². The monoisotopic (exact) mass is 226 g/mol. The normalized spacial score (nSPS) is 23.8. The second-order valence-electron chi connectivity index (χ2n) is 5.27. The molecule has 1 atom stereocenters. The minimum Gasteiger partial charge on any atom is -0.370 e. The molecule has 3 N–H and O–H groups in total. The molecule has 0 radical (unpaired) electrons. The predicted molar refractivity (Wildman–Crippen MR) is 69.6 cm³/mol. The first-order valence-corrected chi connectivity index (χ1v) is 6.30. The number of guanidine groups is 1. The Labute approximate surface area is 99.3 Å². The second kappa shape index (κ2) is 6.74. The van der Waals surface area contributed by atoms with Crippen LogP contribution in [0.2, 0.25) is 0 Å². The van der Waals surface area contributed by atoms with Gasteiger partial charge in [-0.15, -0.1) is 0 Å². The van der Waals surface area contributed by atoms with Gasteiger partial charge in [-0.1, -0.05) is 13.8 Å². The molecule has 4 heteroatoms. The Balaban J connectivity index is 2.20. The van der Waals surface area contributed by atoms with Crippen LogP contribution in [0.4, 0.5) is 0 Å². The van der Waals surface area contributed by atoms with Gasteiger partial charge < -0.3 is 16.0 Å². The van der Waals surface area contributed by atoms with Crippen molar-refractivity contribution < 1.29 is 0 Å². The van der Waals surface area contributed by atoms with E-state index in [1.54, 1.807) is 0 Å². The Bertz CT molecular complexity index is 225. The van der Waals surface area contributed by atoms with Gasteiger partial charge in [0.05, 0.1) is 0 Å². The van der Waals surface area contributed by atoms with Gasteiger partial charge >= 0.3 is 0 Å². The maximum absolute atomic E-state index is 5.80. The van der Waals surface area contributed by atoms with E-state index >= 15 is 0 Å². The lowest BCUT2D eigenvalue weighted by Crippen LogP contribution is -2.41. The molecule has 1 saturated heterocycles. The zero-order valence-electron chi connectivity index (χ0n) is 10.9. The SMILES string of the molecule is CC(C)CN=C(N)NCC1CCCN(C)C1. The minimum absolute atomic E-state index is 0.571. The standard InChI is InChI=1S/C12H26N4/c1-10(2)7-14-12(13)15-8-11-5-4-6-16(3)9-11/h10-11H,4-9H2,1-3H3,(H3,13,14,15). The van der Waals surface area contributed by atoms with Gasteiger partial charge in [0.2, 0.25) is 0 Å². The highest BCUT2D eigenvalue weighted by molar-refractivity contribution is 5.77. The first-order chi connectivity index (χ1) is 7.58. The van der Waals surface area contributed by atoms with Gasteiger partial charge in [-0.25, -0.2) is 0 Å². The van der Waals surface area contributed by atoms with Crippen LogP contribution in [0.5, 0.6) is 0 Å². The Hall–Kier alpha value is -0.770. The number of nitrogens with zero attached hydrogens (tertiary/aromatic N) is 2. The molecule has 1 fully saturated rings. The number of likely N-dealkylation sites (tertiary alicyclic amines) is 1. The number of hydrogen-bond donors (Lipinski definition) is 2. The zero-order valence-corrected chi connectivity index (χ0v) is 10.9. The van der Waals surface area contributed by atoms with Gasteiger partial charge in [0.15, 0.2) is 5.96 Å². The molecule has 0 aromatic carbocycles. The van der Waals surface area contributed by atoms with Crippen molar-refractivity contribution in [1.29, 1.82) is 0 Å². The molecule has 16 heavy (non-hydrogen) atoms. The summed E-state index contributed by atoms with van der Waals surface area (Å²) >= 11 is 0. The Morgan fingerprint density at radius 2 is 2.31 bits per heavy atom. The molecule has 1 heterocycles. The Morgan fingerprint density at radius 1 is 1.56 bits per heavy atom. The van der Waals surface area contributed by atoms with Crippen LogP contribution >= 0.6 is 0 Å². The molecule has 94 valence electrons. The van der Waals surface area contributed by atoms with Crippen LogP contribution in [-0.2, 0) is 0 Å². The average Bonchev–Trinajstić information content (AvgIpc) is 2.23. The third kappa shape index (κ3) is 5.35. The highest BCUT2D eigenvalue weighted by Gasteiger charge is 2.16. The number of aliphatic imine (C=N–C) groups is 1. The van der Waals surface area contributed by atoms with Crippen LogP contribution in [0.25, 0.3) is 0 Å². The van der Waals surface area contributed by atoms with Crippen LogP contribution in [0, 0.1) is 11.8 Å². The summed E-state index contributed by atoms with van der Waals surface area (Å²) in [6.45, 7) is 8.46. The molecule has 1 rings (SSSR count). The van der Waals surface area contributed by atoms with E-state index in [1.807, 2.05) is 0 Å². The summed E-state index contributed by atoms with van der Waals surface area (Å²) in [4.78, 5) is 6.68. The molecule has 0 spiro atoms. The minimum atomic E-state index is 0.571. The van der Waals surface area contributed by atoms with Crippen molar-refractivity contribution in [2.75, 3.05) is 33.2 Å². The summed E-state index contributed by atoms with van der Waals surface area (Å²) in [7, 11) is 2.18. The molecule has 0 saturated carbocycles. The van der Waals surface area contributed by atoms with Gasteiger partial charge in [0.25, 0.3) is 0 Å². The van der Waals surface area contributed by atoms with Crippen LogP contribution < -0.4 is 11.1 Å². The second-order valence-corrected chi connectivity index (χ2v) is 5.27. The molecule has 0 aliphatic carbocycles. The fourth-order valence-corrected chi connectivity index (χ4v) is 2.03. The van der Waals surface area contributed by atoms with Gasteiger partial charge in [0, 0.05) is 19.6 Å². The maximum atomic E-state index is 5.80. The molecular weight excluding hydrogens is 200 g/mol. The summed E-state index contributed by atoms with van der Waals surface area (Å²) in [6.07, 6.45) is 2.60. The van der Waals surface area contributed by atoms with Crippen molar-refractivity contribution in [1.82, 2.24) is 10.2 Å². The van der Waals surface area contributed by atoms with Crippen LogP contribution in [-0.4, -0.2) is 44.1 Å². The molecule has 0 amide bonds. The van der Waals surface area contributed by atoms with Crippen molar-refractivity contribution in [3.05, 3.63) is 0 Å². The topological polar surface area (TPSA) is 53.6 Å². The van der Waals surface area contributed by atoms with E-state index in [4.69, 9.17) is 5.73 Å². The number of piperidine rings is 1. The summed E-state index contributed by atoms with van der Waals surface area (Å²) in [5.74, 6) is 1.88. The molecular formula is C12H26N4. The Kier molecular flexibility index (Phi) is 5.60. The third-order valence-corrected chi connectivity index (χ3v) is 2.92. The number of nitrogens with one attached hydrogen (secondary N) is 1. The first kappa shape index (κ1) is 13.3. The fraction of sp³-hybridized carbons (Fsp3) is 0.917. The number of rotatable bonds is 4. The van der Waals surface area contributed by atoms with E-state index in [-0.39, 0.29) is 0 Å². The van der Waals surface area contributed by atoms with Crippen molar-refractivity contribution in [3.8, 4) is 0 Å². The van der Waals surface area contributed by atoms with E-state index in [0.29, 0.717) is 17.8 Å². The van der Waals surface area contributed by atoms with E-state index in [2.05, 4.69) is 36.1 Å². The molecule has 0 aromatic heterocycles. The third-order valence-electron chi connectivity index (χ3n) is 2.92. The molecule has 4 nitrogen and oxygen atoms in total. The Morgan fingerprint density at radius 3 is 2.94 bits per heavy atom. The van der Waals surface area contributed by atoms with Gasteiger partial charge in [-0.2, -0.15) is 0 Å². The van der Waals surface area contributed by atoms with Gasteiger partial charge in [-0.3, -0.25) is 4.99 Å². The van der Waals surface area contributed by atoms with Crippen LogP contribution in [0.15, 0.2) is 4.99 Å². The smallest absolute Gasteiger partial charge is 0.188 e.